The van der Waals surface area contributed by atoms with Crippen LogP contribution in [0.2, 0.25) is 0 Å². The molecule has 1 aromatic carbocycles. The molecule has 2 heteroatoms. The second kappa shape index (κ2) is 6.27. The third-order valence-corrected chi connectivity index (χ3v) is 3.78. The molecule has 1 heterocycles. The fourth-order valence-electron chi connectivity index (χ4n) is 2.70. The predicted octanol–water partition coefficient (Wildman–Crippen LogP) is 3.96. The van der Waals surface area contributed by atoms with E-state index in [-0.39, 0.29) is 0 Å². The molecule has 0 spiro atoms. The average Bonchev–Trinajstić information content (AvgIpc) is 2.78. The summed E-state index contributed by atoms with van der Waals surface area (Å²) in [7, 11) is 0. The number of nitrogens with zero attached hydrogens (tertiary/aromatic N) is 1. The minimum Gasteiger partial charge on any atom is -0.346 e. The van der Waals surface area contributed by atoms with Crippen molar-refractivity contribution in [1.82, 2.24) is 9.88 Å². The van der Waals surface area contributed by atoms with Gasteiger partial charge in [0.05, 0.1) is 0 Å². The number of hydrogen-bond acceptors (Lipinski definition) is 1. The van der Waals surface area contributed by atoms with E-state index in [1.165, 1.54) is 27.9 Å². The van der Waals surface area contributed by atoms with Crippen LogP contribution in [0, 0.1) is 20.8 Å². The topological polar surface area (TPSA) is 17.0 Å². The van der Waals surface area contributed by atoms with Gasteiger partial charge in [0.2, 0.25) is 0 Å². The summed E-state index contributed by atoms with van der Waals surface area (Å²) in [5.74, 6) is 0. The van der Waals surface area contributed by atoms with Crippen LogP contribution in [0.4, 0.5) is 0 Å². The van der Waals surface area contributed by atoms with Crippen LogP contribution in [0.15, 0.2) is 30.5 Å². The van der Waals surface area contributed by atoms with Gasteiger partial charge in [0.15, 0.2) is 0 Å². The summed E-state index contributed by atoms with van der Waals surface area (Å²) in [5.41, 5.74) is 6.91. The van der Waals surface area contributed by atoms with E-state index in [2.05, 4.69) is 75.0 Å². The standard InChI is InChI=1S/C18H26N2/c1-13(2)19-11-17-7-6-8-20(17)12-18-15(4)9-14(3)10-16(18)5/h6-10,13,19H,11-12H2,1-5H3. The Labute approximate surface area is 122 Å². The lowest BCUT2D eigenvalue weighted by Gasteiger charge is -2.16. The van der Waals surface area contributed by atoms with Gasteiger partial charge in [0.1, 0.15) is 0 Å². The van der Waals surface area contributed by atoms with Crippen molar-refractivity contribution in [3.63, 3.8) is 0 Å². The molecule has 108 valence electrons. The monoisotopic (exact) mass is 270 g/mol. The molecule has 0 saturated carbocycles. The van der Waals surface area contributed by atoms with E-state index < -0.39 is 0 Å². The highest BCUT2D eigenvalue weighted by atomic mass is 15.0. The van der Waals surface area contributed by atoms with E-state index in [1.54, 1.807) is 0 Å². The maximum atomic E-state index is 3.49. The average molecular weight is 270 g/mol. The molecule has 0 aliphatic heterocycles. The Kier molecular flexibility index (Phi) is 4.66. The molecule has 0 aliphatic rings. The first-order chi connectivity index (χ1) is 9.47. The van der Waals surface area contributed by atoms with Crippen LogP contribution >= 0.6 is 0 Å². The van der Waals surface area contributed by atoms with Gasteiger partial charge in [-0.25, -0.2) is 0 Å². The van der Waals surface area contributed by atoms with Gasteiger partial charge in [-0.15, -0.1) is 0 Å². The first kappa shape index (κ1) is 14.9. The van der Waals surface area contributed by atoms with Gasteiger partial charge >= 0.3 is 0 Å². The van der Waals surface area contributed by atoms with Crippen LogP contribution in [-0.4, -0.2) is 10.6 Å². The Bertz CT molecular complexity index is 556. The van der Waals surface area contributed by atoms with Crippen LogP contribution in [0.5, 0.6) is 0 Å². The fraction of sp³-hybridized carbons (Fsp3) is 0.444. The number of rotatable bonds is 5. The number of hydrogen-bond donors (Lipinski definition) is 1. The summed E-state index contributed by atoms with van der Waals surface area (Å²) in [5, 5.41) is 3.49. The molecule has 2 nitrogen and oxygen atoms in total. The van der Waals surface area contributed by atoms with Gasteiger partial charge < -0.3 is 9.88 Å². The number of benzene rings is 1. The highest BCUT2D eigenvalue weighted by Crippen LogP contribution is 2.18. The maximum Gasteiger partial charge on any atom is 0.0478 e. The minimum atomic E-state index is 0.515. The Balaban J connectivity index is 2.21. The first-order valence-corrected chi connectivity index (χ1v) is 7.41. The van der Waals surface area contributed by atoms with Crippen LogP contribution in [0.3, 0.4) is 0 Å². The van der Waals surface area contributed by atoms with Crippen molar-refractivity contribution < 1.29 is 0 Å². The molecule has 0 radical (unpaired) electrons. The molecule has 1 aromatic heterocycles. The third-order valence-electron chi connectivity index (χ3n) is 3.78. The summed E-state index contributed by atoms with van der Waals surface area (Å²) >= 11 is 0. The lowest BCUT2D eigenvalue weighted by Crippen LogP contribution is -2.23. The molecular weight excluding hydrogens is 244 g/mol. The van der Waals surface area contributed by atoms with Gasteiger partial charge in [-0.1, -0.05) is 31.5 Å². The number of aromatic nitrogens is 1. The Morgan fingerprint density at radius 2 is 1.75 bits per heavy atom. The number of nitrogens with one attached hydrogen (secondary N) is 1. The van der Waals surface area contributed by atoms with Crippen molar-refractivity contribution in [2.24, 2.45) is 0 Å². The fourth-order valence-corrected chi connectivity index (χ4v) is 2.70. The van der Waals surface area contributed by atoms with Gasteiger partial charge in [-0.05, 0) is 49.6 Å². The number of aryl methyl sites for hydroxylation is 3. The van der Waals surface area contributed by atoms with Crippen molar-refractivity contribution >= 4 is 0 Å². The van der Waals surface area contributed by atoms with Crippen LogP contribution in [-0.2, 0) is 13.1 Å². The van der Waals surface area contributed by atoms with E-state index in [9.17, 15) is 0 Å². The molecule has 2 aromatic rings. The van der Waals surface area contributed by atoms with Crippen molar-refractivity contribution in [2.75, 3.05) is 0 Å². The molecular formula is C18H26N2. The summed E-state index contributed by atoms with van der Waals surface area (Å²) in [4.78, 5) is 0. The third kappa shape index (κ3) is 3.51. The van der Waals surface area contributed by atoms with E-state index in [0.717, 1.165) is 13.1 Å². The normalized spacial score (nSPS) is 11.3. The van der Waals surface area contributed by atoms with Crippen molar-refractivity contribution in [3.05, 3.63) is 58.4 Å². The molecule has 0 amide bonds. The van der Waals surface area contributed by atoms with E-state index in [4.69, 9.17) is 0 Å². The smallest absolute Gasteiger partial charge is 0.0478 e. The lowest BCUT2D eigenvalue weighted by molar-refractivity contribution is 0.564. The second-order valence-electron chi connectivity index (χ2n) is 6.04. The molecule has 0 atom stereocenters. The molecule has 1 N–H and O–H groups in total. The Morgan fingerprint density at radius 3 is 2.35 bits per heavy atom. The van der Waals surface area contributed by atoms with Gasteiger partial charge in [0.25, 0.3) is 0 Å². The van der Waals surface area contributed by atoms with Crippen LogP contribution in [0.1, 0.15) is 41.8 Å². The minimum absolute atomic E-state index is 0.515. The summed E-state index contributed by atoms with van der Waals surface area (Å²) in [6.07, 6.45) is 2.18. The van der Waals surface area contributed by atoms with E-state index in [1.807, 2.05) is 0 Å². The quantitative estimate of drug-likeness (QED) is 0.870. The summed E-state index contributed by atoms with van der Waals surface area (Å²) in [6.45, 7) is 12.8. The molecule has 20 heavy (non-hydrogen) atoms. The van der Waals surface area contributed by atoms with E-state index >= 15 is 0 Å². The van der Waals surface area contributed by atoms with Crippen molar-refractivity contribution in [2.45, 2.75) is 53.8 Å². The zero-order valence-electron chi connectivity index (χ0n) is 13.3. The van der Waals surface area contributed by atoms with Crippen molar-refractivity contribution in [1.29, 1.82) is 0 Å². The molecule has 0 saturated heterocycles. The summed E-state index contributed by atoms with van der Waals surface area (Å²) in [6, 6.07) is 9.40. The largest absolute Gasteiger partial charge is 0.346 e. The molecule has 0 fully saturated rings. The lowest BCUT2D eigenvalue weighted by atomic mass is 10.00. The van der Waals surface area contributed by atoms with Crippen LogP contribution < -0.4 is 5.32 Å². The van der Waals surface area contributed by atoms with Crippen molar-refractivity contribution in [3.8, 4) is 0 Å². The molecule has 0 bridgehead atoms. The molecule has 2 rings (SSSR count). The predicted molar refractivity (Wildman–Crippen MR) is 86.2 cm³/mol. The summed E-state index contributed by atoms with van der Waals surface area (Å²) < 4.78 is 2.35. The molecule has 0 unspecified atom stereocenters. The SMILES string of the molecule is Cc1cc(C)c(Cn2cccc2CNC(C)C)c(C)c1. The van der Waals surface area contributed by atoms with Crippen LogP contribution in [0.25, 0.3) is 0 Å². The Morgan fingerprint density at radius 1 is 1.10 bits per heavy atom. The van der Waals surface area contributed by atoms with Gasteiger partial charge in [0, 0.05) is 31.0 Å². The zero-order valence-corrected chi connectivity index (χ0v) is 13.3. The highest BCUT2D eigenvalue weighted by Gasteiger charge is 2.07. The Hall–Kier alpha value is -1.54. The zero-order chi connectivity index (χ0) is 14.7. The highest BCUT2D eigenvalue weighted by molar-refractivity contribution is 5.37. The maximum absolute atomic E-state index is 3.49. The van der Waals surface area contributed by atoms with E-state index in [0.29, 0.717) is 6.04 Å². The van der Waals surface area contributed by atoms with Gasteiger partial charge in [-0.3, -0.25) is 0 Å². The van der Waals surface area contributed by atoms with Gasteiger partial charge in [-0.2, -0.15) is 0 Å². The second-order valence-corrected chi connectivity index (χ2v) is 6.04. The molecule has 0 aliphatic carbocycles. The first-order valence-electron chi connectivity index (χ1n) is 7.41.